The number of aliphatic hydroxyl groups excluding tert-OH is 1. The summed E-state index contributed by atoms with van der Waals surface area (Å²) in [6, 6.07) is 6.50. The van der Waals surface area contributed by atoms with Crippen molar-refractivity contribution in [2.24, 2.45) is 0 Å². The van der Waals surface area contributed by atoms with E-state index in [9.17, 15) is 14.7 Å². The Morgan fingerprint density at radius 1 is 1.14 bits per heavy atom. The van der Waals surface area contributed by atoms with Crippen LogP contribution >= 0.6 is 11.3 Å². The first kappa shape index (κ1) is 18.2. The lowest BCUT2D eigenvalue weighted by molar-refractivity contribution is -0.141. The van der Waals surface area contributed by atoms with Gasteiger partial charge in [-0.3, -0.25) is 9.59 Å². The summed E-state index contributed by atoms with van der Waals surface area (Å²) in [5, 5.41) is 13.1. The van der Waals surface area contributed by atoms with Crippen LogP contribution in [0.25, 0.3) is 5.76 Å². The molecule has 7 heteroatoms. The molecular formula is C22H21NO5S. The molecule has 1 aliphatic carbocycles. The van der Waals surface area contributed by atoms with E-state index in [0.29, 0.717) is 17.1 Å². The van der Waals surface area contributed by atoms with Crippen molar-refractivity contribution in [3.63, 3.8) is 0 Å². The number of carbonyl (C=O) groups excluding carboxylic acids is 2. The molecule has 2 fully saturated rings. The van der Waals surface area contributed by atoms with Crippen LogP contribution in [0.5, 0.6) is 11.5 Å². The summed E-state index contributed by atoms with van der Waals surface area (Å²) < 4.78 is 10.7. The number of amides is 1. The number of hydrogen-bond donors (Lipinski definition) is 1. The van der Waals surface area contributed by atoms with Crippen molar-refractivity contribution in [1.29, 1.82) is 0 Å². The van der Waals surface area contributed by atoms with Crippen LogP contribution in [-0.4, -0.2) is 34.5 Å². The number of thiophene rings is 1. The first-order valence-electron chi connectivity index (χ1n) is 9.80. The molecule has 1 aromatic carbocycles. The second-order valence-corrected chi connectivity index (χ2v) is 8.63. The Balaban J connectivity index is 1.66. The molecule has 1 atom stereocenters. The SMILES string of the molecule is Cc1ccsc1C1/C(=C(/O)c2ccc3c(c2)OCO3)C(=O)C(=O)N1C1CCCC1. The highest BCUT2D eigenvalue weighted by molar-refractivity contribution is 7.10. The number of rotatable bonds is 3. The molecule has 2 aliphatic heterocycles. The van der Waals surface area contributed by atoms with Crippen LogP contribution in [0.2, 0.25) is 0 Å². The van der Waals surface area contributed by atoms with Crippen LogP contribution < -0.4 is 9.47 Å². The Morgan fingerprint density at radius 3 is 2.62 bits per heavy atom. The Morgan fingerprint density at radius 2 is 1.90 bits per heavy atom. The zero-order valence-electron chi connectivity index (χ0n) is 16.0. The summed E-state index contributed by atoms with van der Waals surface area (Å²) in [5.41, 5.74) is 1.62. The number of carbonyl (C=O) groups is 2. The topological polar surface area (TPSA) is 76.1 Å². The van der Waals surface area contributed by atoms with Crippen molar-refractivity contribution in [3.8, 4) is 11.5 Å². The van der Waals surface area contributed by atoms with Gasteiger partial charge in [-0.05, 0) is 55.0 Å². The second-order valence-electron chi connectivity index (χ2n) is 7.68. The molecule has 5 rings (SSSR count). The number of hydrogen-bond acceptors (Lipinski definition) is 6. The molecule has 1 amide bonds. The number of aliphatic hydroxyl groups is 1. The molecule has 2 aromatic rings. The number of aryl methyl sites for hydroxylation is 1. The van der Waals surface area contributed by atoms with Crippen LogP contribution in [0.4, 0.5) is 0 Å². The van der Waals surface area contributed by atoms with Gasteiger partial charge in [0.1, 0.15) is 11.8 Å². The van der Waals surface area contributed by atoms with E-state index in [1.165, 1.54) is 11.3 Å². The maximum Gasteiger partial charge on any atom is 0.295 e. The molecule has 1 aromatic heterocycles. The number of fused-ring (bicyclic) bond motifs is 1. The predicted octanol–water partition coefficient (Wildman–Crippen LogP) is 4.15. The van der Waals surface area contributed by atoms with Gasteiger partial charge in [0.25, 0.3) is 11.7 Å². The number of ether oxygens (including phenoxy) is 2. The molecular weight excluding hydrogens is 390 g/mol. The van der Waals surface area contributed by atoms with Crippen molar-refractivity contribution >= 4 is 28.8 Å². The van der Waals surface area contributed by atoms with Gasteiger partial charge in [-0.1, -0.05) is 12.8 Å². The highest BCUT2D eigenvalue weighted by Crippen LogP contribution is 2.46. The summed E-state index contributed by atoms with van der Waals surface area (Å²) >= 11 is 1.51. The van der Waals surface area contributed by atoms with E-state index in [1.807, 2.05) is 18.4 Å². The summed E-state index contributed by atoms with van der Waals surface area (Å²) in [4.78, 5) is 28.8. The maximum atomic E-state index is 13.1. The maximum absolute atomic E-state index is 13.1. The first-order chi connectivity index (χ1) is 14.1. The van der Waals surface area contributed by atoms with Gasteiger partial charge in [-0.15, -0.1) is 11.3 Å². The Hall–Kier alpha value is -2.80. The predicted molar refractivity (Wildman–Crippen MR) is 108 cm³/mol. The summed E-state index contributed by atoms with van der Waals surface area (Å²) in [5.74, 6) is -0.191. The van der Waals surface area contributed by atoms with Gasteiger partial charge < -0.3 is 19.5 Å². The van der Waals surface area contributed by atoms with E-state index in [4.69, 9.17) is 9.47 Å². The first-order valence-corrected chi connectivity index (χ1v) is 10.7. The standard InChI is InChI=1S/C22H21NO5S/c1-12-8-9-29-21(12)18-17(20(25)22(26)23(18)14-4-2-3-5-14)19(24)13-6-7-15-16(10-13)28-11-27-15/h6-10,14,18,24H,2-5,11H2,1H3/b19-17-. The monoisotopic (exact) mass is 411 g/mol. The lowest BCUT2D eigenvalue weighted by Crippen LogP contribution is -2.37. The lowest BCUT2D eigenvalue weighted by atomic mass is 9.97. The Kier molecular flexibility index (Phi) is 4.35. The summed E-state index contributed by atoms with van der Waals surface area (Å²) in [6.07, 6.45) is 3.87. The number of likely N-dealkylation sites (tertiary alicyclic amines) is 1. The average Bonchev–Trinajstić information content (AvgIpc) is 3.49. The Labute approximate surface area is 172 Å². The number of benzene rings is 1. The molecule has 0 radical (unpaired) electrons. The van der Waals surface area contributed by atoms with Crippen LogP contribution in [0.3, 0.4) is 0 Å². The molecule has 29 heavy (non-hydrogen) atoms. The van der Waals surface area contributed by atoms with E-state index < -0.39 is 17.7 Å². The highest BCUT2D eigenvalue weighted by Gasteiger charge is 2.50. The number of ketones is 1. The largest absolute Gasteiger partial charge is 0.507 e. The minimum absolute atomic E-state index is 0.0278. The van der Waals surface area contributed by atoms with E-state index in [-0.39, 0.29) is 24.2 Å². The molecule has 1 saturated heterocycles. The Bertz CT molecular complexity index is 1030. The zero-order valence-corrected chi connectivity index (χ0v) is 16.8. The molecule has 3 heterocycles. The fraction of sp³-hybridized carbons (Fsp3) is 0.364. The van der Waals surface area contributed by atoms with Crippen molar-refractivity contribution in [2.75, 3.05) is 6.79 Å². The molecule has 1 unspecified atom stereocenters. The minimum atomic E-state index is -0.620. The van der Waals surface area contributed by atoms with E-state index in [2.05, 4.69) is 0 Å². The summed E-state index contributed by atoms with van der Waals surface area (Å²) in [7, 11) is 0. The molecule has 3 aliphatic rings. The minimum Gasteiger partial charge on any atom is -0.507 e. The van der Waals surface area contributed by atoms with Crippen LogP contribution in [0, 0.1) is 6.92 Å². The van der Waals surface area contributed by atoms with Gasteiger partial charge in [-0.2, -0.15) is 0 Å². The van der Waals surface area contributed by atoms with E-state index in [0.717, 1.165) is 36.1 Å². The van der Waals surface area contributed by atoms with Crippen molar-refractivity contribution in [1.82, 2.24) is 4.90 Å². The summed E-state index contributed by atoms with van der Waals surface area (Å²) in [6.45, 7) is 2.10. The highest BCUT2D eigenvalue weighted by atomic mass is 32.1. The van der Waals surface area contributed by atoms with Crippen molar-refractivity contribution < 1.29 is 24.2 Å². The van der Waals surface area contributed by atoms with Crippen molar-refractivity contribution in [3.05, 3.63) is 51.2 Å². The van der Waals surface area contributed by atoms with Gasteiger partial charge in [0.15, 0.2) is 11.5 Å². The third kappa shape index (κ3) is 2.83. The van der Waals surface area contributed by atoms with E-state index >= 15 is 0 Å². The smallest absolute Gasteiger partial charge is 0.295 e. The number of Topliss-reactive ketones (excluding diaryl/α,β-unsaturated/α-hetero) is 1. The molecule has 6 nitrogen and oxygen atoms in total. The van der Waals surface area contributed by atoms with Crippen molar-refractivity contribution in [2.45, 2.75) is 44.7 Å². The van der Waals surface area contributed by atoms with Crippen LogP contribution in [-0.2, 0) is 9.59 Å². The lowest BCUT2D eigenvalue weighted by Gasteiger charge is -2.30. The third-order valence-electron chi connectivity index (χ3n) is 5.99. The van der Waals surface area contributed by atoms with Gasteiger partial charge in [-0.25, -0.2) is 0 Å². The van der Waals surface area contributed by atoms with E-state index in [1.54, 1.807) is 23.1 Å². The molecule has 0 spiro atoms. The van der Waals surface area contributed by atoms with Crippen LogP contribution in [0.1, 0.15) is 47.7 Å². The second kappa shape index (κ2) is 6.91. The molecule has 1 N–H and O–H groups in total. The molecule has 150 valence electrons. The third-order valence-corrected chi connectivity index (χ3v) is 7.07. The van der Waals surface area contributed by atoms with Gasteiger partial charge in [0.2, 0.25) is 6.79 Å². The number of nitrogens with zero attached hydrogens (tertiary/aromatic N) is 1. The zero-order chi connectivity index (χ0) is 20.1. The fourth-order valence-corrected chi connectivity index (χ4v) is 5.56. The fourth-order valence-electron chi connectivity index (χ4n) is 4.53. The molecule has 1 saturated carbocycles. The van der Waals surface area contributed by atoms with Gasteiger partial charge in [0, 0.05) is 16.5 Å². The van der Waals surface area contributed by atoms with Gasteiger partial charge >= 0.3 is 0 Å². The molecule has 0 bridgehead atoms. The van der Waals surface area contributed by atoms with Crippen LogP contribution in [0.15, 0.2) is 35.2 Å². The normalized spacial score (nSPS) is 23.3. The average molecular weight is 411 g/mol. The van der Waals surface area contributed by atoms with Gasteiger partial charge in [0.05, 0.1) is 5.57 Å². The quantitative estimate of drug-likeness (QED) is 0.467.